The Morgan fingerprint density at radius 3 is 2.43 bits per heavy atom. The highest BCUT2D eigenvalue weighted by Crippen LogP contribution is 2.44. The molecule has 0 aromatic carbocycles. The van der Waals surface area contributed by atoms with Crippen LogP contribution in [0.3, 0.4) is 0 Å². The summed E-state index contributed by atoms with van der Waals surface area (Å²) in [5, 5.41) is 10.2. The number of ether oxygens (including phenoxy) is 1. The van der Waals surface area contributed by atoms with Gasteiger partial charge in [-0.1, -0.05) is 20.8 Å². The Bertz CT molecular complexity index is 235. The molecule has 0 heterocycles. The third kappa shape index (κ3) is 1.92. The van der Waals surface area contributed by atoms with Crippen LogP contribution in [-0.4, -0.2) is 23.8 Å². The van der Waals surface area contributed by atoms with E-state index >= 15 is 0 Å². The number of hydrogen-bond acceptors (Lipinski definition) is 3. The van der Waals surface area contributed by atoms with Gasteiger partial charge in [-0.3, -0.25) is 0 Å². The molecule has 82 valence electrons. The van der Waals surface area contributed by atoms with Crippen LogP contribution in [0.5, 0.6) is 0 Å². The summed E-state index contributed by atoms with van der Waals surface area (Å²) >= 11 is 0. The monoisotopic (exact) mass is 200 g/mol. The Kier molecular flexibility index (Phi) is 2.91. The van der Waals surface area contributed by atoms with Crippen LogP contribution >= 0.6 is 0 Å². The van der Waals surface area contributed by atoms with Gasteiger partial charge in [-0.2, -0.15) is 0 Å². The van der Waals surface area contributed by atoms with Gasteiger partial charge in [0.15, 0.2) is 5.60 Å². The third-order valence-electron chi connectivity index (χ3n) is 3.40. The van der Waals surface area contributed by atoms with Crippen LogP contribution in [0, 0.1) is 11.3 Å². The Morgan fingerprint density at radius 1 is 1.43 bits per heavy atom. The molecule has 3 nitrogen and oxygen atoms in total. The van der Waals surface area contributed by atoms with Gasteiger partial charge in [-0.25, -0.2) is 4.79 Å². The van der Waals surface area contributed by atoms with Gasteiger partial charge in [0, 0.05) is 0 Å². The molecule has 2 unspecified atom stereocenters. The topological polar surface area (TPSA) is 46.5 Å². The lowest BCUT2D eigenvalue weighted by atomic mass is 9.65. The van der Waals surface area contributed by atoms with Gasteiger partial charge in [0.25, 0.3) is 0 Å². The number of aliphatic hydroxyl groups is 1. The van der Waals surface area contributed by atoms with E-state index < -0.39 is 11.6 Å². The lowest BCUT2D eigenvalue weighted by Gasteiger charge is -2.43. The quantitative estimate of drug-likeness (QED) is 0.656. The lowest BCUT2D eigenvalue weighted by molar-refractivity contribution is -0.175. The van der Waals surface area contributed by atoms with Gasteiger partial charge in [0.05, 0.1) is 7.11 Å². The molecule has 0 bridgehead atoms. The van der Waals surface area contributed by atoms with Crippen molar-refractivity contribution in [3.8, 4) is 0 Å². The first kappa shape index (κ1) is 11.5. The van der Waals surface area contributed by atoms with Crippen molar-refractivity contribution in [3.63, 3.8) is 0 Å². The summed E-state index contributed by atoms with van der Waals surface area (Å²) in [6.45, 7) is 6.25. The zero-order valence-electron chi connectivity index (χ0n) is 9.46. The predicted octanol–water partition coefficient (Wildman–Crippen LogP) is 1.74. The fourth-order valence-electron chi connectivity index (χ4n) is 2.36. The molecule has 0 radical (unpaired) electrons. The molecule has 0 saturated heterocycles. The second-order valence-electron chi connectivity index (χ2n) is 5.19. The molecule has 0 aliphatic heterocycles. The molecule has 0 aromatic heterocycles. The molecule has 14 heavy (non-hydrogen) atoms. The van der Waals surface area contributed by atoms with Crippen molar-refractivity contribution in [1.82, 2.24) is 0 Å². The molecule has 3 heteroatoms. The summed E-state index contributed by atoms with van der Waals surface area (Å²) in [6, 6.07) is 0. The molecular weight excluding hydrogens is 180 g/mol. The first-order valence-electron chi connectivity index (χ1n) is 5.13. The van der Waals surface area contributed by atoms with Gasteiger partial charge in [-0.05, 0) is 30.6 Å². The number of rotatable bonds is 1. The maximum Gasteiger partial charge on any atom is 0.338 e. The molecule has 0 spiro atoms. The van der Waals surface area contributed by atoms with E-state index in [1.54, 1.807) is 0 Å². The number of methoxy groups -OCH3 is 1. The van der Waals surface area contributed by atoms with Crippen LogP contribution in [0.15, 0.2) is 0 Å². The van der Waals surface area contributed by atoms with Crippen LogP contribution in [-0.2, 0) is 9.53 Å². The molecule has 1 fully saturated rings. The summed E-state index contributed by atoms with van der Waals surface area (Å²) in [5.74, 6) is -0.515. The van der Waals surface area contributed by atoms with Gasteiger partial charge >= 0.3 is 5.97 Å². The largest absolute Gasteiger partial charge is 0.467 e. The maximum atomic E-state index is 11.4. The minimum atomic E-state index is -1.26. The predicted molar refractivity (Wildman–Crippen MR) is 53.8 cm³/mol. The molecule has 0 aromatic rings. The molecule has 1 aliphatic rings. The Hall–Kier alpha value is -0.570. The summed E-state index contributed by atoms with van der Waals surface area (Å²) in [7, 11) is 1.33. The Balaban J connectivity index is 2.79. The SMILES string of the molecule is COC(=O)C1(O)CCC(C)(C)CC1C. The standard InChI is InChI=1S/C11H20O3/c1-8-7-10(2,3)5-6-11(8,13)9(12)14-4/h8,13H,5-7H2,1-4H3. The molecule has 1 N–H and O–H groups in total. The van der Waals surface area contributed by atoms with Crippen LogP contribution in [0.2, 0.25) is 0 Å². The number of carbonyl (C=O) groups is 1. The minimum absolute atomic E-state index is 0.0290. The highest BCUT2D eigenvalue weighted by atomic mass is 16.5. The fourth-order valence-corrected chi connectivity index (χ4v) is 2.36. The van der Waals surface area contributed by atoms with Crippen LogP contribution in [0.4, 0.5) is 0 Å². The summed E-state index contributed by atoms with van der Waals surface area (Å²) in [4.78, 5) is 11.4. The normalized spacial score (nSPS) is 36.5. The summed E-state index contributed by atoms with van der Waals surface area (Å²) in [5.41, 5.74) is -1.04. The number of esters is 1. The van der Waals surface area contributed by atoms with Crippen molar-refractivity contribution in [1.29, 1.82) is 0 Å². The van der Waals surface area contributed by atoms with Crippen LogP contribution < -0.4 is 0 Å². The van der Waals surface area contributed by atoms with Crippen molar-refractivity contribution in [2.24, 2.45) is 11.3 Å². The fraction of sp³-hybridized carbons (Fsp3) is 0.909. The molecule has 1 rings (SSSR count). The van der Waals surface area contributed by atoms with E-state index in [9.17, 15) is 9.90 Å². The van der Waals surface area contributed by atoms with Crippen molar-refractivity contribution in [2.45, 2.75) is 45.6 Å². The molecular formula is C11H20O3. The average molecular weight is 200 g/mol. The van der Waals surface area contributed by atoms with Gasteiger partial charge < -0.3 is 9.84 Å². The highest BCUT2D eigenvalue weighted by Gasteiger charge is 2.48. The van der Waals surface area contributed by atoms with E-state index in [2.05, 4.69) is 18.6 Å². The molecule has 0 amide bonds. The van der Waals surface area contributed by atoms with E-state index in [1.165, 1.54) is 7.11 Å². The number of carbonyl (C=O) groups excluding carboxylic acids is 1. The van der Waals surface area contributed by atoms with Crippen molar-refractivity contribution < 1.29 is 14.6 Å². The zero-order valence-corrected chi connectivity index (χ0v) is 9.46. The van der Waals surface area contributed by atoms with Crippen molar-refractivity contribution >= 4 is 5.97 Å². The number of hydrogen-bond donors (Lipinski definition) is 1. The first-order chi connectivity index (χ1) is 6.32. The maximum absolute atomic E-state index is 11.4. The summed E-state index contributed by atoms with van der Waals surface area (Å²) < 4.78 is 4.64. The Morgan fingerprint density at radius 2 is 2.00 bits per heavy atom. The van der Waals surface area contributed by atoms with Gasteiger partial charge in [0.2, 0.25) is 0 Å². The van der Waals surface area contributed by atoms with E-state index in [1.807, 2.05) is 6.92 Å². The smallest absolute Gasteiger partial charge is 0.338 e. The van der Waals surface area contributed by atoms with Gasteiger partial charge in [-0.15, -0.1) is 0 Å². The first-order valence-corrected chi connectivity index (χ1v) is 5.13. The second-order valence-corrected chi connectivity index (χ2v) is 5.19. The van der Waals surface area contributed by atoms with Crippen molar-refractivity contribution in [3.05, 3.63) is 0 Å². The highest BCUT2D eigenvalue weighted by molar-refractivity contribution is 5.79. The summed E-state index contributed by atoms with van der Waals surface area (Å²) in [6.07, 6.45) is 2.23. The Labute approximate surface area is 85.5 Å². The zero-order chi connectivity index (χ0) is 11.0. The van der Waals surface area contributed by atoms with E-state index in [0.29, 0.717) is 6.42 Å². The average Bonchev–Trinajstić information content (AvgIpc) is 2.10. The third-order valence-corrected chi connectivity index (χ3v) is 3.40. The molecule has 2 atom stereocenters. The van der Waals surface area contributed by atoms with Crippen LogP contribution in [0.25, 0.3) is 0 Å². The van der Waals surface area contributed by atoms with E-state index in [-0.39, 0.29) is 11.3 Å². The second kappa shape index (κ2) is 3.54. The van der Waals surface area contributed by atoms with Crippen molar-refractivity contribution in [2.75, 3.05) is 7.11 Å². The molecule has 1 aliphatic carbocycles. The van der Waals surface area contributed by atoms with Gasteiger partial charge in [0.1, 0.15) is 0 Å². The van der Waals surface area contributed by atoms with Crippen LogP contribution in [0.1, 0.15) is 40.0 Å². The van der Waals surface area contributed by atoms with E-state index in [0.717, 1.165) is 12.8 Å². The van der Waals surface area contributed by atoms with E-state index in [4.69, 9.17) is 0 Å². The minimum Gasteiger partial charge on any atom is -0.467 e. The molecule has 1 saturated carbocycles. The lowest BCUT2D eigenvalue weighted by Crippen LogP contribution is -2.50.